The van der Waals surface area contributed by atoms with Gasteiger partial charge in [-0.25, -0.2) is 4.39 Å². The number of amides is 1. The number of para-hydroxylation sites is 1. The SMILES string of the molecule is O=C(COc1ccccc1F)Nc1nnc(-c2ccc(C(F)(F)F)cc2)o1. The first-order valence-electron chi connectivity index (χ1n) is 7.51. The fourth-order valence-electron chi connectivity index (χ4n) is 2.05. The number of hydrogen-bond donors (Lipinski definition) is 1. The number of benzene rings is 2. The second kappa shape index (κ2) is 7.44. The number of ether oxygens (including phenoxy) is 1. The third-order valence-corrected chi connectivity index (χ3v) is 3.33. The van der Waals surface area contributed by atoms with Gasteiger partial charge in [0.05, 0.1) is 5.56 Å². The van der Waals surface area contributed by atoms with Crippen molar-refractivity contribution in [3.8, 4) is 17.2 Å². The summed E-state index contributed by atoms with van der Waals surface area (Å²) in [5, 5.41) is 9.48. The summed E-state index contributed by atoms with van der Waals surface area (Å²) < 4.78 is 61.3. The van der Waals surface area contributed by atoms with Gasteiger partial charge in [-0.15, -0.1) is 5.10 Å². The van der Waals surface area contributed by atoms with Gasteiger partial charge in [0.15, 0.2) is 18.2 Å². The Hall–Kier alpha value is -3.43. The van der Waals surface area contributed by atoms with E-state index in [0.29, 0.717) is 0 Å². The number of aromatic nitrogens is 2. The van der Waals surface area contributed by atoms with Crippen LogP contribution in [0.1, 0.15) is 5.56 Å². The molecular weight excluding hydrogens is 370 g/mol. The maximum absolute atomic E-state index is 13.4. The first-order chi connectivity index (χ1) is 12.8. The highest BCUT2D eigenvalue weighted by atomic mass is 19.4. The van der Waals surface area contributed by atoms with Crippen molar-refractivity contribution in [3.63, 3.8) is 0 Å². The van der Waals surface area contributed by atoms with Crippen molar-refractivity contribution in [2.45, 2.75) is 6.18 Å². The zero-order valence-electron chi connectivity index (χ0n) is 13.5. The lowest BCUT2D eigenvalue weighted by atomic mass is 10.1. The molecule has 1 heterocycles. The van der Waals surface area contributed by atoms with Crippen molar-refractivity contribution in [1.82, 2.24) is 10.2 Å². The Kier molecular flexibility index (Phi) is 5.06. The highest BCUT2D eigenvalue weighted by Gasteiger charge is 2.30. The van der Waals surface area contributed by atoms with Crippen LogP contribution in [0.15, 0.2) is 52.9 Å². The van der Waals surface area contributed by atoms with Crippen molar-refractivity contribution in [3.05, 3.63) is 59.9 Å². The van der Waals surface area contributed by atoms with Crippen LogP contribution in [0.25, 0.3) is 11.5 Å². The van der Waals surface area contributed by atoms with Crippen LogP contribution in [0.4, 0.5) is 23.6 Å². The second-order valence-electron chi connectivity index (χ2n) is 5.25. The number of carbonyl (C=O) groups is 1. The number of alkyl halides is 3. The van der Waals surface area contributed by atoms with E-state index >= 15 is 0 Å². The molecule has 0 aliphatic heterocycles. The molecule has 0 spiro atoms. The van der Waals surface area contributed by atoms with Crippen molar-refractivity contribution in [1.29, 1.82) is 0 Å². The molecule has 3 aromatic rings. The second-order valence-corrected chi connectivity index (χ2v) is 5.25. The minimum absolute atomic E-state index is 0.0750. The largest absolute Gasteiger partial charge is 0.481 e. The fourth-order valence-corrected chi connectivity index (χ4v) is 2.05. The summed E-state index contributed by atoms with van der Waals surface area (Å²) >= 11 is 0. The lowest BCUT2D eigenvalue weighted by Gasteiger charge is -2.06. The summed E-state index contributed by atoms with van der Waals surface area (Å²) in [6.07, 6.45) is -4.45. The van der Waals surface area contributed by atoms with Gasteiger partial charge in [-0.1, -0.05) is 17.2 Å². The number of rotatable bonds is 5. The van der Waals surface area contributed by atoms with E-state index in [1.807, 2.05) is 0 Å². The van der Waals surface area contributed by atoms with Crippen molar-refractivity contribution < 1.29 is 31.5 Å². The Morgan fingerprint density at radius 2 is 1.78 bits per heavy atom. The molecule has 1 N–H and O–H groups in total. The zero-order valence-corrected chi connectivity index (χ0v) is 13.5. The third-order valence-electron chi connectivity index (χ3n) is 3.33. The van der Waals surface area contributed by atoms with Gasteiger partial charge in [0.1, 0.15) is 0 Å². The Morgan fingerprint density at radius 1 is 1.07 bits per heavy atom. The van der Waals surface area contributed by atoms with E-state index in [4.69, 9.17) is 9.15 Å². The average molecular weight is 381 g/mol. The molecule has 140 valence electrons. The monoisotopic (exact) mass is 381 g/mol. The van der Waals surface area contributed by atoms with Crippen LogP contribution < -0.4 is 10.1 Å². The molecule has 0 saturated heterocycles. The van der Waals surface area contributed by atoms with Gasteiger partial charge in [0.25, 0.3) is 5.91 Å². The van der Waals surface area contributed by atoms with Crippen LogP contribution >= 0.6 is 0 Å². The quantitative estimate of drug-likeness (QED) is 0.678. The average Bonchev–Trinajstić information content (AvgIpc) is 3.09. The Bertz CT molecular complexity index is 939. The van der Waals surface area contributed by atoms with Crippen LogP contribution in [0.3, 0.4) is 0 Å². The molecule has 0 aliphatic rings. The van der Waals surface area contributed by atoms with Crippen molar-refractivity contribution in [2.75, 3.05) is 11.9 Å². The van der Waals surface area contributed by atoms with Gasteiger partial charge in [-0.2, -0.15) is 13.2 Å². The number of carbonyl (C=O) groups excluding carboxylic acids is 1. The normalized spacial score (nSPS) is 11.3. The topological polar surface area (TPSA) is 77.2 Å². The van der Waals surface area contributed by atoms with Gasteiger partial charge < -0.3 is 9.15 Å². The lowest BCUT2D eigenvalue weighted by molar-refractivity contribution is -0.137. The van der Waals surface area contributed by atoms with E-state index < -0.39 is 30.1 Å². The summed E-state index contributed by atoms with van der Waals surface area (Å²) in [6, 6.07) is 9.38. The molecule has 27 heavy (non-hydrogen) atoms. The summed E-state index contributed by atoms with van der Waals surface area (Å²) in [4.78, 5) is 11.8. The Labute approximate surface area is 149 Å². The van der Waals surface area contributed by atoms with E-state index in [9.17, 15) is 22.4 Å². The summed E-state index contributed by atoms with van der Waals surface area (Å²) in [6.45, 7) is -0.501. The van der Waals surface area contributed by atoms with E-state index in [0.717, 1.165) is 12.1 Å². The molecule has 0 unspecified atom stereocenters. The molecule has 6 nitrogen and oxygen atoms in total. The van der Waals surface area contributed by atoms with Crippen LogP contribution in [0, 0.1) is 5.82 Å². The third kappa shape index (κ3) is 4.60. The Balaban J connectivity index is 1.60. The molecule has 2 aromatic carbocycles. The van der Waals surface area contributed by atoms with Crippen LogP contribution in [-0.4, -0.2) is 22.7 Å². The van der Waals surface area contributed by atoms with Crippen molar-refractivity contribution in [2.24, 2.45) is 0 Å². The van der Waals surface area contributed by atoms with E-state index in [1.54, 1.807) is 6.07 Å². The van der Waals surface area contributed by atoms with Crippen LogP contribution in [-0.2, 0) is 11.0 Å². The molecule has 0 fully saturated rings. The first-order valence-corrected chi connectivity index (χ1v) is 7.51. The molecular formula is C17H11F4N3O3. The van der Waals surface area contributed by atoms with Crippen LogP contribution in [0.2, 0.25) is 0 Å². The molecule has 0 radical (unpaired) electrons. The number of halogens is 4. The summed E-state index contributed by atoms with van der Waals surface area (Å²) in [7, 11) is 0. The van der Waals surface area contributed by atoms with E-state index in [-0.39, 0.29) is 23.2 Å². The molecule has 1 aromatic heterocycles. The molecule has 0 saturated carbocycles. The summed E-state index contributed by atoms with van der Waals surface area (Å²) in [5.41, 5.74) is -0.566. The molecule has 10 heteroatoms. The highest BCUT2D eigenvalue weighted by Crippen LogP contribution is 2.30. The molecule has 0 bridgehead atoms. The molecule has 0 atom stereocenters. The minimum atomic E-state index is -4.45. The van der Waals surface area contributed by atoms with E-state index in [2.05, 4.69) is 15.5 Å². The number of hydrogen-bond acceptors (Lipinski definition) is 5. The number of anilines is 1. The van der Waals surface area contributed by atoms with Gasteiger partial charge in [-0.3, -0.25) is 10.1 Å². The minimum Gasteiger partial charge on any atom is -0.481 e. The van der Waals surface area contributed by atoms with Crippen LogP contribution in [0.5, 0.6) is 5.75 Å². The maximum atomic E-state index is 13.4. The van der Waals surface area contributed by atoms with Crippen molar-refractivity contribution >= 4 is 11.9 Å². The first kappa shape index (κ1) is 18.4. The molecule has 3 rings (SSSR count). The molecule has 0 aliphatic carbocycles. The maximum Gasteiger partial charge on any atom is 0.416 e. The van der Waals surface area contributed by atoms with E-state index in [1.165, 1.54) is 30.3 Å². The van der Waals surface area contributed by atoms with Gasteiger partial charge in [0.2, 0.25) is 5.89 Å². The smallest absolute Gasteiger partial charge is 0.416 e. The summed E-state index contributed by atoms with van der Waals surface area (Å²) in [5.74, 6) is -1.47. The lowest BCUT2D eigenvalue weighted by Crippen LogP contribution is -2.20. The highest BCUT2D eigenvalue weighted by molar-refractivity contribution is 5.89. The standard InChI is InChI=1S/C17H11F4N3O3/c18-12-3-1-2-4-13(12)26-9-14(25)22-16-24-23-15(27-16)10-5-7-11(8-6-10)17(19,20)21/h1-8H,9H2,(H,22,24,25). The zero-order chi connectivity index (χ0) is 19.4. The van der Waals surface area contributed by atoms with Gasteiger partial charge in [-0.05, 0) is 36.4 Å². The number of nitrogens with one attached hydrogen (secondary N) is 1. The molecule has 1 amide bonds. The van der Waals surface area contributed by atoms with Gasteiger partial charge in [0, 0.05) is 5.56 Å². The predicted octanol–water partition coefficient (Wildman–Crippen LogP) is 3.91. The fraction of sp³-hybridized carbons (Fsp3) is 0.118. The Morgan fingerprint density at radius 3 is 2.44 bits per heavy atom. The predicted molar refractivity (Wildman–Crippen MR) is 85.3 cm³/mol. The van der Waals surface area contributed by atoms with Gasteiger partial charge >= 0.3 is 12.2 Å². The number of nitrogens with zero attached hydrogens (tertiary/aromatic N) is 2.